The van der Waals surface area contributed by atoms with Crippen molar-refractivity contribution >= 4 is 23.4 Å². The number of hydrogen-bond donors (Lipinski definition) is 0. The van der Waals surface area contributed by atoms with Crippen LogP contribution in [-0.2, 0) is 0 Å². The molecule has 0 radical (unpaired) electrons. The Morgan fingerprint density at radius 2 is 1.76 bits per heavy atom. The number of aromatic nitrogens is 4. The SMILES string of the molecule is Clc1ccc(C(c2nnnn2C2CCCCC2)N2CCSCC2)cc1. The quantitative estimate of drug-likeness (QED) is 0.806. The number of tetrazole rings is 1. The van der Waals surface area contributed by atoms with Gasteiger partial charge in [-0.2, -0.15) is 11.8 Å². The van der Waals surface area contributed by atoms with Crippen LogP contribution in [0.3, 0.4) is 0 Å². The smallest absolute Gasteiger partial charge is 0.173 e. The van der Waals surface area contributed by atoms with Crippen molar-refractivity contribution in [3.05, 3.63) is 40.7 Å². The van der Waals surface area contributed by atoms with E-state index in [1.54, 1.807) is 0 Å². The number of thioether (sulfide) groups is 1. The van der Waals surface area contributed by atoms with Crippen LogP contribution in [0.1, 0.15) is 55.6 Å². The standard InChI is InChI=1S/C18H24ClN5S/c19-15-8-6-14(7-9-15)17(23-10-12-25-13-11-23)18-20-21-22-24(18)16-4-2-1-3-5-16/h6-9,16-17H,1-5,10-13H2. The minimum absolute atomic E-state index is 0.107. The molecular formula is C18H24ClN5S. The Hall–Kier alpha value is -1.11. The van der Waals surface area contributed by atoms with Crippen LogP contribution in [0, 0.1) is 0 Å². The van der Waals surface area contributed by atoms with Crippen molar-refractivity contribution in [2.24, 2.45) is 0 Å². The van der Waals surface area contributed by atoms with Gasteiger partial charge in [0.15, 0.2) is 5.82 Å². The zero-order valence-electron chi connectivity index (χ0n) is 14.4. The third-order valence-electron chi connectivity index (χ3n) is 5.28. The van der Waals surface area contributed by atoms with Crippen LogP contribution >= 0.6 is 23.4 Å². The minimum Gasteiger partial charge on any atom is -0.288 e. The maximum Gasteiger partial charge on any atom is 0.173 e. The maximum absolute atomic E-state index is 6.12. The van der Waals surface area contributed by atoms with Crippen molar-refractivity contribution in [1.82, 2.24) is 25.1 Å². The van der Waals surface area contributed by atoms with Gasteiger partial charge in [-0.05, 0) is 41.0 Å². The fourth-order valence-corrected chi connectivity index (χ4v) is 5.03. The van der Waals surface area contributed by atoms with Crippen molar-refractivity contribution in [3.8, 4) is 0 Å². The molecule has 1 aromatic heterocycles. The van der Waals surface area contributed by atoms with Gasteiger partial charge in [0.2, 0.25) is 0 Å². The van der Waals surface area contributed by atoms with Crippen molar-refractivity contribution in [2.75, 3.05) is 24.6 Å². The lowest BCUT2D eigenvalue weighted by Gasteiger charge is -2.35. The van der Waals surface area contributed by atoms with E-state index in [0.717, 1.165) is 35.4 Å². The van der Waals surface area contributed by atoms with Crippen LogP contribution in [0.25, 0.3) is 0 Å². The van der Waals surface area contributed by atoms with Crippen LogP contribution in [0.5, 0.6) is 0 Å². The summed E-state index contributed by atoms with van der Waals surface area (Å²) in [5, 5.41) is 13.7. The van der Waals surface area contributed by atoms with E-state index in [0.29, 0.717) is 6.04 Å². The summed E-state index contributed by atoms with van der Waals surface area (Å²) in [6.07, 6.45) is 6.24. The molecule has 1 aromatic carbocycles. The molecule has 0 amide bonds. The average Bonchev–Trinajstić information content (AvgIpc) is 3.14. The molecule has 7 heteroatoms. The lowest BCUT2D eigenvalue weighted by Crippen LogP contribution is -2.38. The van der Waals surface area contributed by atoms with Crippen LogP contribution < -0.4 is 0 Å². The van der Waals surface area contributed by atoms with Crippen molar-refractivity contribution in [2.45, 2.75) is 44.2 Å². The summed E-state index contributed by atoms with van der Waals surface area (Å²) in [5.41, 5.74) is 1.23. The predicted molar refractivity (Wildman–Crippen MR) is 102 cm³/mol. The topological polar surface area (TPSA) is 46.8 Å². The highest BCUT2D eigenvalue weighted by molar-refractivity contribution is 7.99. The molecule has 1 saturated heterocycles. The van der Waals surface area contributed by atoms with Gasteiger partial charge in [-0.3, -0.25) is 4.90 Å². The van der Waals surface area contributed by atoms with Crippen LogP contribution in [0.4, 0.5) is 0 Å². The summed E-state index contributed by atoms with van der Waals surface area (Å²) in [5.74, 6) is 3.31. The molecule has 1 saturated carbocycles. The Kier molecular flexibility index (Phi) is 5.58. The van der Waals surface area contributed by atoms with Gasteiger partial charge in [-0.1, -0.05) is 43.0 Å². The van der Waals surface area contributed by atoms with Crippen molar-refractivity contribution in [3.63, 3.8) is 0 Å². The van der Waals surface area contributed by atoms with Gasteiger partial charge in [0.1, 0.15) is 0 Å². The Bertz CT molecular complexity index is 677. The third-order valence-corrected chi connectivity index (χ3v) is 6.47. The molecule has 2 aromatic rings. The number of halogens is 1. The number of nitrogens with zero attached hydrogens (tertiary/aromatic N) is 5. The summed E-state index contributed by atoms with van der Waals surface area (Å²) in [6.45, 7) is 2.13. The second-order valence-corrected chi connectivity index (χ2v) is 8.54. The molecule has 0 N–H and O–H groups in total. The van der Waals surface area contributed by atoms with Crippen LogP contribution in [-0.4, -0.2) is 49.7 Å². The molecule has 2 fully saturated rings. The molecule has 1 aliphatic carbocycles. The lowest BCUT2D eigenvalue weighted by atomic mass is 9.95. The number of benzene rings is 1. The summed E-state index contributed by atoms with van der Waals surface area (Å²) in [7, 11) is 0. The zero-order chi connectivity index (χ0) is 17.1. The van der Waals surface area contributed by atoms with E-state index in [2.05, 4.69) is 37.2 Å². The first kappa shape index (κ1) is 17.3. The lowest BCUT2D eigenvalue weighted by molar-refractivity contribution is 0.222. The average molecular weight is 378 g/mol. The van der Waals surface area contributed by atoms with Gasteiger partial charge in [-0.25, -0.2) is 4.68 Å². The van der Waals surface area contributed by atoms with E-state index in [1.165, 1.54) is 37.7 Å². The molecule has 4 rings (SSSR count). The van der Waals surface area contributed by atoms with Gasteiger partial charge in [0.05, 0.1) is 12.1 Å². The zero-order valence-corrected chi connectivity index (χ0v) is 15.9. The second kappa shape index (κ2) is 8.06. The summed E-state index contributed by atoms with van der Waals surface area (Å²) in [4.78, 5) is 2.52. The second-order valence-electron chi connectivity index (χ2n) is 6.88. The van der Waals surface area contributed by atoms with Gasteiger partial charge in [-0.15, -0.1) is 5.10 Å². The highest BCUT2D eigenvalue weighted by atomic mass is 35.5. The Balaban J connectivity index is 1.70. The first-order chi connectivity index (χ1) is 12.3. The number of hydrogen-bond acceptors (Lipinski definition) is 5. The monoisotopic (exact) mass is 377 g/mol. The third kappa shape index (κ3) is 3.86. The van der Waals surface area contributed by atoms with Gasteiger partial charge in [0, 0.05) is 29.6 Å². The fraction of sp³-hybridized carbons (Fsp3) is 0.611. The molecule has 2 heterocycles. The van der Waals surface area contributed by atoms with E-state index < -0.39 is 0 Å². The Labute approximate surface area is 158 Å². The highest BCUT2D eigenvalue weighted by Crippen LogP contribution is 2.34. The maximum atomic E-state index is 6.12. The van der Waals surface area contributed by atoms with Gasteiger partial charge >= 0.3 is 0 Å². The first-order valence-corrected chi connectivity index (χ1v) is 10.7. The first-order valence-electron chi connectivity index (χ1n) is 9.18. The summed E-state index contributed by atoms with van der Waals surface area (Å²) >= 11 is 8.14. The largest absolute Gasteiger partial charge is 0.288 e. The van der Waals surface area contributed by atoms with E-state index in [4.69, 9.17) is 11.6 Å². The molecule has 5 nitrogen and oxygen atoms in total. The van der Waals surface area contributed by atoms with Crippen LogP contribution in [0.2, 0.25) is 5.02 Å². The van der Waals surface area contributed by atoms with E-state index in [1.807, 2.05) is 23.9 Å². The van der Waals surface area contributed by atoms with E-state index in [9.17, 15) is 0 Å². The molecular weight excluding hydrogens is 354 g/mol. The normalized spacial score (nSPS) is 21.3. The summed E-state index contributed by atoms with van der Waals surface area (Å²) in [6, 6.07) is 8.72. The molecule has 1 atom stereocenters. The highest BCUT2D eigenvalue weighted by Gasteiger charge is 2.31. The molecule has 25 heavy (non-hydrogen) atoms. The molecule has 1 aliphatic heterocycles. The minimum atomic E-state index is 0.107. The van der Waals surface area contributed by atoms with Gasteiger partial charge < -0.3 is 0 Å². The fourth-order valence-electron chi connectivity index (χ4n) is 3.97. The Morgan fingerprint density at radius 3 is 2.48 bits per heavy atom. The van der Waals surface area contributed by atoms with E-state index in [-0.39, 0.29) is 6.04 Å². The predicted octanol–water partition coefficient (Wildman–Crippen LogP) is 3.97. The van der Waals surface area contributed by atoms with Crippen molar-refractivity contribution < 1.29 is 0 Å². The molecule has 0 spiro atoms. The molecule has 2 aliphatic rings. The Morgan fingerprint density at radius 1 is 1.04 bits per heavy atom. The van der Waals surface area contributed by atoms with Gasteiger partial charge in [0.25, 0.3) is 0 Å². The van der Waals surface area contributed by atoms with Crippen LogP contribution in [0.15, 0.2) is 24.3 Å². The van der Waals surface area contributed by atoms with Crippen molar-refractivity contribution in [1.29, 1.82) is 0 Å². The molecule has 134 valence electrons. The molecule has 0 bridgehead atoms. The summed E-state index contributed by atoms with van der Waals surface area (Å²) < 4.78 is 2.11. The molecule has 1 unspecified atom stereocenters. The van der Waals surface area contributed by atoms with E-state index >= 15 is 0 Å². The number of rotatable bonds is 4.